The van der Waals surface area contributed by atoms with Gasteiger partial charge in [0.2, 0.25) is 0 Å². The third kappa shape index (κ3) is 15.7. The van der Waals surface area contributed by atoms with Crippen LogP contribution >= 0.6 is 0 Å². The molecule has 22 heavy (non-hydrogen) atoms. The van der Waals surface area contributed by atoms with Crippen molar-refractivity contribution in [2.75, 3.05) is 6.54 Å². The van der Waals surface area contributed by atoms with E-state index in [-0.39, 0.29) is 6.42 Å². The standard InChI is InChI=1S/C8H12N2O7.C5H12/c11-5(12)2-1-4(7(15)16)10-8(17)9-3-6(13)14;1-3-5-4-2/h4H,1-3H2,(H,11,12)(H,13,14)(H,15,16)(H2,9,10,17);3-5H2,1-2H3. The summed E-state index contributed by atoms with van der Waals surface area (Å²) < 4.78 is 0. The Morgan fingerprint density at radius 3 is 1.82 bits per heavy atom. The Morgan fingerprint density at radius 1 is 0.955 bits per heavy atom. The van der Waals surface area contributed by atoms with Crippen molar-refractivity contribution >= 4 is 23.9 Å². The first kappa shape index (κ1) is 22.0. The van der Waals surface area contributed by atoms with Crippen LogP contribution in [0, 0.1) is 0 Å². The van der Waals surface area contributed by atoms with Crippen molar-refractivity contribution in [3.63, 3.8) is 0 Å². The van der Waals surface area contributed by atoms with E-state index < -0.39 is 42.9 Å². The van der Waals surface area contributed by atoms with E-state index in [4.69, 9.17) is 15.3 Å². The molecule has 0 aliphatic heterocycles. The summed E-state index contributed by atoms with van der Waals surface area (Å²) in [6.45, 7) is 3.77. The molecule has 1 unspecified atom stereocenters. The predicted molar refractivity (Wildman–Crippen MR) is 77.7 cm³/mol. The van der Waals surface area contributed by atoms with E-state index in [0.717, 1.165) is 0 Å². The largest absolute Gasteiger partial charge is 0.481 e. The van der Waals surface area contributed by atoms with Gasteiger partial charge < -0.3 is 26.0 Å². The van der Waals surface area contributed by atoms with Gasteiger partial charge >= 0.3 is 23.9 Å². The Hall–Kier alpha value is -2.32. The summed E-state index contributed by atoms with van der Waals surface area (Å²) in [5.41, 5.74) is 0. The van der Waals surface area contributed by atoms with Crippen LogP contribution in [-0.2, 0) is 14.4 Å². The molecule has 0 saturated carbocycles. The van der Waals surface area contributed by atoms with Crippen LogP contribution in [0.25, 0.3) is 0 Å². The maximum absolute atomic E-state index is 11.0. The Kier molecular flexibility index (Phi) is 13.6. The highest BCUT2D eigenvalue weighted by atomic mass is 16.4. The fraction of sp³-hybridized carbons (Fsp3) is 0.692. The van der Waals surface area contributed by atoms with Gasteiger partial charge in [-0.05, 0) is 6.42 Å². The molecule has 0 aliphatic rings. The molecule has 9 nitrogen and oxygen atoms in total. The molecule has 0 aromatic carbocycles. The summed E-state index contributed by atoms with van der Waals surface area (Å²) in [5.74, 6) is -3.86. The number of carboxylic acids is 3. The first-order valence-electron chi connectivity index (χ1n) is 6.95. The Morgan fingerprint density at radius 2 is 1.50 bits per heavy atom. The number of carbonyl (C=O) groups is 4. The highest BCUT2D eigenvalue weighted by Crippen LogP contribution is 1.97. The molecule has 0 spiro atoms. The van der Waals surface area contributed by atoms with Gasteiger partial charge in [-0.3, -0.25) is 9.59 Å². The van der Waals surface area contributed by atoms with Crippen LogP contribution in [0.3, 0.4) is 0 Å². The smallest absolute Gasteiger partial charge is 0.326 e. The second-order valence-electron chi connectivity index (χ2n) is 4.40. The fourth-order valence-corrected chi connectivity index (χ4v) is 1.24. The van der Waals surface area contributed by atoms with Crippen molar-refractivity contribution in [1.29, 1.82) is 0 Å². The van der Waals surface area contributed by atoms with Gasteiger partial charge in [0.25, 0.3) is 0 Å². The average molecular weight is 320 g/mol. The van der Waals surface area contributed by atoms with Crippen LogP contribution in [-0.4, -0.2) is 51.8 Å². The molecule has 9 heteroatoms. The second kappa shape index (κ2) is 13.7. The van der Waals surface area contributed by atoms with Crippen molar-refractivity contribution < 1.29 is 34.5 Å². The molecule has 128 valence electrons. The van der Waals surface area contributed by atoms with Gasteiger partial charge in [-0.25, -0.2) is 9.59 Å². The summed E-state index contributed by atoms with van der Waals surface area (Å²) >= 11 is 0. The van der Waals surface area contributed by atoms with Gasteiger partial charge in [0.05, 0.1) is 0 Å². The molecule has 5 N–H and O–H groups in total. The quantitative estimate of drug-likeness (QED) is 0.422. The molecule has 1 atom stereocenters. The zero-order valence-electron chi connectivity index (χ0n) is 12.8. The number of carbonyl (C=O) groups excluding carboxylic acids is 1. The molecular formula is C13H24N2O7. The lowest BCUT2D eigenvalue weighted by Gasteiger charge is -2.13. The molecule has 0 rings (SSSR count). The minimum atomic E-state index is -1.39. The topological polar surface area (TPSA) is 153 Å². The van der Waals surface area contributed by atoms with Gasteiger partial charge in [-0.1, -0.05) is 33.1 Å². The van der Waals surface area contributed by atoms with E-state index in [1.807, 2.05) is 10.6 Å². The lowest BCUT2D eigenvalue weighted by molar-refractivity contribution is -0.140. The van der Waals surface area contributed by atoms with E-state index in [1.165, 1.54) is 19.3 Å². The van der Waals surface area contributed by atoms with Crippen LogP contribution in [0.5, 0.6) is 0 Å². The van der Waals surface area contributed by atoms with Crippen molar-refractivity contribution in [3.8, 4) is 0 Å². The van der Waals surface area contributed by atoms with Crippen LogP contribution < -0.4 is 10.6 Å². The fourth-order valence-electron chi connectivity index (χ4n) is 1.24. The first-order valence-corrected chi connectivity index (χ1v) is 6.95. The number of nitrogens with one attached hydrogen (secondary N) is 2. The molecule has 0 saturated heterocycles. The number of aliphatic carboxylic acids is 3. The third-order valence-electron chi connectivity index (χ3n) is 2.36. The van der Waals surface area contributed by atoms with Gasteiger partial charge in [0.1, 0.15) is 12.6 Å². The van der Waals surface area contributed by atoms with Gasteiger partial charge in [-0.2, -0.15) is 0 Å². The summed E-state index contributed by atoms with van der Waals surface area (Å²) in [4.78, 5) is 42.0. The summed E-state index contributed by atoms with van der Waals surface area (Å²) in [6, 6.07) is -2.36. The van der Waals surface area contributed by atoms with Crippen LogP contribution in [0.1, 0.15) is 46.0 Å². The lowest BCUT2D eigenvalue weighted by Crippen LogP contribution is -2.47. The van der Waals surface area contributed by atoms with Gasteiger partial charge in [0.15, 0.2) is 0 Å². The second-order valence-corrected chi connectivity index (χ2v) is 4.40. The predicted octanol–water partition coefficient (Wildman–Crippen LogP) is 0.885. The normalized spacial score (nSPS) is 10.6. The summed E-state index contributed by atoms with van der Waals surface area (Å²) in [6.07, 6.45) is 3.37. The summed E-state index contributed by atoms with van der Waals surface area (Å²) in [7, 11) is 0. The minimum absolute atomic E-state index is 0.287. The van der Waals surface area contributed by atoms with Gasteiger partial charge in [-0.15, -0.1) is 0 Å². The number of unbranched alkanes of at least 4 members (excludes halogenated alkanes) is 2. The molecule has 2 amide bonds. The number of carboxylic acid groups (broad SMARTS) is 3. The zero-order valence-corrected chi connectivity index (χ0v) is 12.8. The molecule has 0 fully saturated rings. The van der Waals surface area contributed by atoms with E-state index in [9.17, 15) is 19.2 Å². The molecule has 0 aliphatic carbocycles. The van der Waals surface area contributed by atoms with Crippen molar-refractivity contribution in [2.45, 2.75) is 52.0 Å². The number of hydrogen-bond acceptors (Lipinski definition) is 4. The van der Waals surface area contributed by atoms with Crippen molar-refractivity contribution in [3.05, 3.63) is 0 Å². The van der Waals surface area contributed by atoms with E-state index in [1.54, 1.807) is 0 Å². The highest BCUT2D eigenvalue weighted by molar-refractivity contribution is 5.84. The monoisotopic (exact) mass is 320 g/mol. The number of rotatable bonds is 9. The minimum Gasteiger partial charge on any atom is -0.481 e. The molecule has 0 radical (unpaired) electrons. The van der Waals surface area contributed by atoms with Crippen LogP contribution in [0.4, 0.5) is 4.79 Å². The van der Waals surface area contributed by atoms with Crippen LogP contribution in [0.2, 0.25) is 0 Å². The van der Waals surface area contributed by atoms with Gasteiger partial charge in [0, 0.05) is 6.42 Å². The lowest BCUT2D eigenvalue weighted by atomic mass is 10.1. The molecule has 0 heterocycles. The zero-order chi connectivity index (χ0) is 17.5. The van der Waals surface area contributed by atoms with E-state index in [2.05, 4.69) is 13.8 Å². The third-order valence-corrected chi connectivity index (χ3v) is 2.36. The number of hydrogen-bond donors (Lipinski definition) is 5. The van der Waals surface area contributed by atoms with Crippen molar-refractivity contribution in [1.82, 2.24) is 10.6 Å². The summed E-state index contributed by atoms with van der Waals surface area (Å²) in [5, 5.41) is 29.1. The Balaban J connectivity index is 0. The van der Waals surface area contributed by atoms with Crippen molar-refractivity contribution in [2.24, 2.45) is 0 Å². The maximum Gasteiger partial charge on any atom is 0.326 e. The number of urea groups is 1. The molecule has 0 aromatic rings. The molecule has 0 bridgehead atoms. The molecule has 0 aromatic heterocycles. The SMILES string of the molecule is CCCCC.O=C(O)CCC(NC(=O)NCC(=O)O)C(=O)O. The average Bonchev–Trinajstić information content (AvgIpc) is 2.42. The molecular weight excluding hydrogens is 296 g/mol. The first-order chi connectivity index (χ1) is 10.2. The Bertz CT molecular complexity index is 369. The Labute approximate surface area is 128 Å². The van der Waals surface area contributed by atoms with E-state index in [0.29, 0.717) is 0 Å². The number of amides is 2. The van der Waals surface area contributed by atoms with Crippen LogP contribution in [0.15, 0.2) is 0 Å². The highest BCUT2D eigenvalue weighted by Gasteiger charge is 2.20. The maximum atomic E-state index is 11.0. The van der Waals surface area contributed by atoms with E-state index >= 15 is 0 Å².